The Kier molecular flexibility index (Phi) is 6.30. The molecule has 3 aromatic carbocycles. The normalized spacial score (nSPS) is 20.9. The number of para-hydroxylation sites is 1. The van der Waals surface area contributed by atoms with E-state index >= 15 is 0 Å². The number of rotatable bonds is 6. The van der Waals surface area contributed by atoms with E-state index in [1.165, 1.54) is 47.5 Å². The number of fused-ring (bicyclic) bond motifs is 1. The number of phenols is 1. The van der Waals surface area contributed by atoms with Gasteiger partial charge in [-0.3, -0.25) is 24.5 Å². The predicted octanol–water partition coefficient (Wildman–Crippen LogP) is 4.65. The fourth-order valence-corrected chi connectivity index (χ4v) is 5.08. The zero-order chi connectivity index (χ0) is 26.4. The Morgan fingerprint density at radius 1 is 1.14 bits per heavy atom. The molecule has 3 aromatic rings. The van der Waals surface area contributed by atoms with Crippen molar-refractivity contribution in [3.05, 3.63) is 86.6 Å². The average molecular weight is 572 g/mol. The first-order valence-corrected chi connectivity index (χ1v) is 12.0. The molecule has 0 spiro atoms. The molecule has 12 heteroatoms. The molecule has 3 atom stereocenters. The number of hydroxylamine groups is 1. The minimum Gasteiger partial charge on any atom is -0.503 e. The number of hydrogen-bond donors (Lipinski definition) is 1. The summed E-state index contributed by atoms with van der Waals surface area (Å²) >= 11 is 3.29. The molecular weight excluding hydrogens is 553 g/mol. The van der Waals surface area contributed by atoms with Crippen LogP contribution in [-0.4, -0.2) is 34.6 Å². The zero-order valence-corrected chi connectivity index (χ0v) is 20.8. The summed E-state index contributed by atoms with van der Waals surface area (Å²) in [4.78, 5) is 44.6. The van der Waals surface area contributed by atoms with Gasteiger partial charge in [0.15, 0.2) is 17.6 Å². The highest BCUT2D eigenvalue weighted by molar-refractivity contribution is 9.10. The van der Waals surface area contributed by atoms with Crippen LogP contribution in [0.5, 0.6) is 11.5 Å². The molecule has 2 saturated heterocycles. The summed E-state index contributed by atoms with van der Waals surface area (Å²) in [5.41, 5.74) is 0.236. The van der Waals surface area contributed by atoms with Crippen LogP contribution in [0.25, 0.3) is 0 Å². The number of hydrogen-bond acceptors (Lipinski definition) is 8. The highest BCUT2D eigenvalue weighted by Crippen LogP contribution is 2.50. The van der Waals surface area contributed by atoms with E-state index in [1.807, 2.05) is 0 Å². The third-order valence-electron chi connectivity index (χ3n) is 6.20. The van der Waals surface area contributed by atoms with E-state index in [0.29, 0.717) is 5.56 Å². The van der Waals surface area contributed by atoms with Gasteiger partial charge in [-0.05, 0) is 58.7 Å². The molecular formula is C25H19BrFN3O7. The fourth-order valence-electron chi connectivity index (χ4n) is 4.62. The third kappa shape index (κ3) is 4.07. The van der Waals surface area contributed by atoms with Gasteiger partial charge in [0.25, 0.3) is 11.6 Å². The lowest BCUT2D eigenvalue weighted by Crippen LogP contribution is -2.37. The molecule has 0 bridgehead atoms. The Morgan fingerprint density at radius 2 is 1.89 bits per heavy atom. The van der Waals surface area contributed by atoms with E-state index in [4.69, 9.17) is 9.57 Å². The Hall–Kier alpha value is -4.03. The number of imide groups is 1. The maximum absolute atomic E-state index is 14.6. The molecule has 0 saturated carbocycles. The van der Waals surface area contributed by atoms with Crippen LogP contribution in [0.3, 0.4) is 0 Å². The molecule has 37 heavy (non-hydrogen) atoms. The van der Waals surface area contributed by atoms with E-state index in [0.717, 1.165) is 11.0 Å². The lowest BCUT2D eigenvalue weighted by Gasteiger charge is -2.29. The molecule has 0 aromatic heterocycles. The van der Waals surface area contributed by atoms with Crippen molar-refractivity contribution in [2.24, 2.45) is 5.92 Å². The van der Waals surface area contributed by atoms with Gasteiger partial charge < -0.3 is 9.84 Å². The monoisotopic (exact) mass is 571 g/mol. The lowest BCUT2D eigenvalue weighted by molar-refractivity contribution is -0.384. The van der Waals surface area contributed by atoms with Crippen LogP contribution in [-0.2, 0) is 14.4 Å². The summed E-state index contributed by atoms with van der Waals surface area (Å²) in [6, 6.07) is 13.1. The number of nitro groups is 1. The third-order valence-corrected chi connectivity index (χ3v) is 6.80. The number of carbonyl (C=O) groups excluding carboxylic acids is 2. The number of carbonyl (C=O) groups is 2. The Bertz CT molecular complexity index is 1440. The molecule has 2 fully saturated rings. The second-order valence-electron chi connectivity index (χ2n) is 8.35. The minimum absolute atomic E-state index is 0.122. The lowest BCUT2D eigenvalue weighted by atomic mass is 9.90. The van der Waals surface area contributed by atoms with Gasteiger partial charge in [0.2, 0.25) is 5.91 Å². The second kappa shape index (κ2) is 9.45. The first-order chi connectivity index (χ1) is 17.7. The fraction of sp³-hybridized carbons (Fsp3) is 0.200. The van der Waals surface area contributed by atoms with E-state index in [-0.39, 0.29) is 39.6 Å². The van der Waals surface area contributed by atoms with Crippen LogP contribution >= 0.6 is 15.9 Å². The number of nitro benzene ring substituents is 1. The second-order valence-corrected chi connectivity index (χ2v) is 9.20. The summed E-state index contributed by atoms with van der Waals surface area (Å²) in [6.07, 6.45) is -1.32. The quantitative estimate of drug-likeness (QED) is 0.257. The highest BCUT2D eigenvalue weighted by Gasteiger charge is 2.60. The Morgan fingerprint density at radius 3 is 2.59 bits per heavy atom. The van der Waals surface area contributed by atoms with Crippen molar-refractivity contribution in [2.45, 2.75) is 19.1 Å². The number of non-ortho nitro benzene ring substituents is 1. The van der Waals surface area contributed by atoms with Gasteiger partial charge in [-0.2, -0.15) is 0 Å². The molecule has 0 unspecified atom stereocenters. The smallest absolute Gasteiger partial charge is 0.271 e. The summed E-state index contributed by atoms with van der Waals surface area (Å²) in [5.74, 6) is -3.37. The van der Waals surface area contributed by atoms with Crippen molar-refractivity contribution in [1.82, 2.24) is 0 Å². The van der Waals surface area contributed by atoms with Gasteiger partial charge in [0.1, 0.15) is 11.7 Å². The Labute approximate surface area is 218 Å². The SMILES string of the molecule is CCOc1cc([C@@H]2[C@H]3C(=O)N(c4ccccc4F)C(=O)[C@@H]3ON2c2cccc([N+](=O)[O-])c2)cc(Br)c1O. The summed E-state index contributed by atoms with van der Waals surface area (Å²) in [6.45, 7) is 1.97. The molecule has 5 rings (SSSR count). The van der Waals surface area contributed by atoms with Crippen LogP contribution in [0.1, 0.15) is 18.5 Å². The number of halogens is 2. The first kappa shape index (κ1) is 24.7. The standard InChI is InChI=1S/C25H19BrFN3O7/c1-2-36-19-11-13(10-16(26)22(19)31)21-20-23(37-29(21)14-6-5-7-15(12-14)30(34)35)25(33)28(24(20)32)18-9-4-3-8-17(18)27/h3-12,20-21,23,31H,2H2,1H3/t20-,21-,23-/m1/s1. The van der Waals surface area contributed by atoms with Gasteiger partial charge in [-0.25, -0.2) is 14.4 Å². The molecule has 10 nitrogen and oxygen atoms in total. The van der Waals surface area contributed by atoms with Crippen LogP contribution < -0.4 is 14.7 Å². The molecule has 2 aliphatic heterocycles. The maximum Gasteiger partial charge on any atom is 0.271 e. The number of amides is 2. The summed E-state index contributed by atoms with van der Waals surface area (Å²) in [5, 5.41) is 23.1. The van der Waals surface area contributed by atoms with Crippen molar-refractivity contribution >= 4 is 44.8 Å². The van der Waals surface area contributed by atoms with E-state index in [2.05, 4.69) is 15.9 Å². The van der Waals surface area contributed by atoms with Crippen molar-refractivity contribution in [3.8, 4) is 11.5 Å². The summed E-state index contributed by atoms with van der Waals surface area (Å²) in [7, 11) is 0. The molecule has 0 radical (unpaired) electrons. The van der Waals surface area contributed by atoms with Gasteiger partial charge in [-0.15, -0.1) is 0 Å². The largest absolute Gasteiger partial charge is 0.503 e. The van der Waals surface area contributed by atoms with Gasteiger partial charge in [0, 0.05) is 12.1 Å². The molecule has 2 amide bonds. The predicted molar refractivity (Wildman–Crippen MR) is 133 cm³/mol. The number of anilines is 2. The van der Waals surface area contributed by atoms with E-state index in [9.17, 15) is 29.2 Å². The van der Waals surface area contributed by atoms with Crippen molar-refractivity contribution < 1.29 is 33.6 Å². The first-order valence-electron chi connectivity index (χ1n) is 11.2. The maximum atomic E-state index is 14.6. The van der Waals surface area contributed by atoms with Crippen molar-refractivity contribution in [2.75, 3.05) is 16.6 Å². The van der Waals surface area contributed by atoms with Crippen LogP contribution in [0, 0.1) is 21.8 Å². The number of phenolic OH excluding ortho intramolecular Hbond substituents is 1. The Balaban J connectivity index is 1.65. The molecule has 0 aliphatic carbocycles. The minimum atomic E-state index is -1.32. The molecule has 2 aliphatic rings. The summed E-state index contributed by atoms with van der Waals surface area (Å²) < 4.78 is 20.4. The number of benzene rings is 3. The highest BCUT2D eigenvalue weighted by atomic mass is 79.9. The van der Waals surface area contributed by atoms with Gasteiger partial charge in [-0.1, -0.05) is 18.2 Å². The van der Waals surface area contributed by atoms with Gasteiger partial charge >= 0.3 is 0 Å². The average Bonchev–Trinajstić information content (AvgIpc) is 3.38. The number of nitrogens with zero attached hydrogens (tertiary/aromatic N) is 3. The molecule has 2 heterocycles. The molecule has 1 N–H and O–H groups in total. The zero-order valence-electron chi connectivity index (χ0n) is 19.2. The number of ether oxygens (including phenoxy) is 1. The van der Waals surface area contributed by atoms with Crippen LogP contribution in [0.15, 0.2) is 65.1 Å². The van der Waals surface area contributed by atoms with Crippen LogP contribution in [0.2, 0.25) is 0 Å². The van der Waals surface area contributed by atoms with Crippen LogP contribution in [0.4, 0.5) is 21.5 Å². The van der Waals surface area contributed by atoms with E-state index < -0.39 is 40.6 Å². The van der Waals surface area contributed by atoms with Crippen molar-refractivity contribution in [3.63, 3.8) is 0 Å². The van der Waals surface area contributed by atoms with Crippen molar-refractivity contribution in [1.29, 1.82) is 0 Å². The van der Waals surface area contributed by atoms with Gasteiger partial charge in [0.05, 0.1) is 33.4 Å². The molecule has 190 valence electrons. The topological polar surface area (TPSA) is 122 Å². The van der Waals surface area contributed by atoms with E-state index in [1.54, 1.807) is 19.1 Å². The number of aromatic hydroxyl groups is 1.